The van der Waals surface area contributed by atoms with Crippen LogP contribution in [0.1, 0.15) is 37.0 Å². The highest BCUT2D eigenvalue weighted by Gasteiger charge is 2.27. The Morgan fingerprint density at radius 3 is 2.54 bits per heavy atom. The average molecular weight is 334 g/mol. The number of nitriles is 1. The molecule has 0 saturated carbocycles. The first kappa shape index (κ1) is 19.5. The Morgan fingerprint density at radius 2 is 2.00 bits per heavy atom. The van der Waals surface area contributed by atoms with Crippen molar-refractivity contribution in [3.8, 4) is 11.8 Å². The zero-order chi connectivity index (χ0) is 17.9. The van der Waals surface area contributed by atoms with Crippen molar-refractivity contribution in [2.75, 3.05) is 13.2 Å². The number of hydrogen-bond acceptors (Lipinski definition) is 6. The number of aliphatic hydroxyl groups excluding tert-OH is 1. The number of esters is 1. The number of carbonyl (C=O) groups is 2. The number of ether oxygens (including phenoxy) is 2. The summed E-state index contributed by atoms with van der Waals surface area (Å²) < 4.78 is 10.1. The normalized spacial score (nSPS) is 12.6. The lowest BCUT2D eigenvalue weighted by Gasteiger charge is -2.19. The van der Waals surface area contributed by atoms with Crippen LogP contribution in [0.4, 0.5) is 0 Å². The second-order valence-corrected chi connectivity index (χ2v) is 5.18. The minimum Gasteiger partial charge on any atom is -0.494 e. The average Bonchev–Trinajstić information content (AvgIpc) is 2.57. The monoisotopic (exact) mass is 334 g/mol. The van der Waals surface area contributed by atoms with Gasteiger partial charge in [0.2, 0.25) is 0 Å². The molecule has 0 heterocycles. The Balaban J connectivity index is 2.67. The molecule has 1 aromatic rings. The minimum absolute atomic E-state index is 0.316. The maximum absolute atomic E-state index is 12.2. The molecule has 0 aliphatic heterocycles. The van der Waals surface area contributed by atoms with Gasteiger partial charge in [-0.25, -0.2) is 4.79 Å². The molecule has 0 aliphatic carbocycles. The Bertz CT molecular complexity index is 578. The van der Waals surface area contributed by atoms with Crippen LogP contribution < -0.4 is 10.1 Å². The summed E-state index contributed by atoms with van der Waals surface area (Å²) in [7, 11) is 0. The molecule has 0 fully saturated rings. The number of amides is 1. The largest absolute Gasteiger partial charge is 0.494 e. The first-order chi connectivity index (χ1) is 11.5. The van der Waals surface area contributed by atoms with Gasteiger partial charge < -0.3 is 19.9 Å². The van der Waals surface area contributed by atoms with Crippen molar-refractivity contribution < 1.29 is 24.2 Å². The van der Waals surface area contributed by atoms with Crippen LogP contribution in [0.2, 0.25) is 0 Å². The van der Waals surface area contributed by atoms with Gasteiger partial charge in [0, 0.05) is 5.56 Å². The molecule has 2 N–H and O–H groups in total. The van der Waals surface area contributed by atoms with E-state index in [4.69, 9.17) is 10.00 Å². The fraction of sp³-hybridized carbons (Fsp3) is 0.471. The molecule has 1 aromatic carbocycles. The minimum atomic E-state index is -1.24. The van der Waals surface area contributed by atoms with Crippen molar-refractivity contribution in [2.24, 2.45) is 0 Å². The van der Waals surface area contributed by atoms with Gasteiger partial charge >= 0.3 is 5.97 Å². The number of nitrogens with one attached hydrogen (secondary N) is 1. The summed E-state index contributed by atoms with van der Waals surface area (Å²) in [6, 6.07) is 6.87. The van der Waals surface area contributed by atoms with Crippen molar-refractivity contribution in [2.45, 2.75) is 38.8 Å². The number of hydrogen-bond donors (Lipinski definition) is 2. The van der Waals surface area contributed by atoms with Crippen LogP contribution >= 0.6 is 0 Å². The summed E-state index contributed by atoms with van der Waals surface area (Å²) in [5.41, 5.74) is 0.316. The Hall–Kier alpha value is -2.59. The van der Waals surface area contributed by atoms with Gasteiger partial charge in [0.15, 0.2) is 12.6 Å². The third-order valence-corrected chi connectivity index (χ3v) is 3.19. The molecule has 24 heavy (non-hydrogen) atoms. The molecule has 0 spiro atoms. The van der Waals surface area contributed by atoms with Crippen LogP contribution in [0.15, 0.2) is 24.3 Å². The van der Waals surface area contributed by atoms with E-state index in [1.165, 1.54) is 6.92 Å². The highest BCUT2D eigenvalue weighted by molar-refractivity contribution is 5.97. The lowest BCUT2D eigenvalue weighted by atomic mass is 10.1. The maximum atomic E-state index is 12.2. The number of carbonyl (C=O) groups excluding carboxylic acids is 2. The van der Waals surface area contributed by atoms with Gasteiger partial charge in [-0.3, -0.25) is 4.79 Å². The summed E-state index contributed by atoms with van der Waals surface area (Å²) in [5.74, 6) is -0.741. The number of benzene rings is 1. The molecule has 0 bridgehead atoms. The van der Waals surface area contributed by atoms with E-state index in [0.717, 1.165) is 12.8 Å². The van der Waals surface area contributed by atoms with E-state index in [1.807, 2.05) is 0 Å². The predicted octanol–water partition coefficient (Wildman–Crippen LogP) is 1.41. The second-order valence-electron chi connectivity index (χ2n) is 5.18. The van der Waals surface area contributed by atoms with E-state index < -0.39 is 30.6 Å². The van der Waals surface area contributed by atoms with E-state index >= 15 is 0 Å². The van der Waals surface area contributed by atoms with Crippen LogP contribution in [-0.2, 0) is 9.53 Å². The van der Waals surface area contributed by atoms with Crippen LogP contribution in [0.5, 0.6) is 5.75 Å². The van der Waals surface area contributed by atoms with Crippen LogP contribution in [0, 0.1) is 11.3 Å². The number of nitrogens with zero attached hydrogens (tertiary/aromatic N) is 1. The molecule has 0 radical (unpaired) electrons. The van der Waals surface area contributed by atoms with Crippen LogP contribution in [0.3, 0.4) is 0 Å². The van der Waals surface area contributed by atoms with Crippen molar-refractivity contribution in [3.63, 3.8) is 0 Å². The summed E-state index contributed by atoms with van der Waals surface area (Å²) >= 11 is 0. The number of aliphatic hydroxyl groups is 1. The van der Waals surface area contributed by atoms with Gasteiger partial charge in [-0.05, 0) is 37.6 Å². The smallest absolute Gasteiger partial charge is 0.332 e. The SMILES string of the molecule is CCCCOc1ccc(C(=O)N[C@@H](C(=O)OCC#N)[C@H](C)O)cc1. The lowest BCUT2D eigenvalue weighted by molar-refractivity contribution is -0.147. The van der Waals surface area contributed by atoms with Crippen molar-refractivity contribution in [3.05, 3.63) is 29.8 Å². The van der Waals surface area contributed by atoms with Gasteiger partial charge in [0.05, 0.1) is 12.7 Å². The first-order valence-electron chi connectivity index (χ1n) is 7.75. The van der Waals surface area contributed by atoms with E-state index in [9.17, 15) is 14.7 Å². The molecule has 1 amide bonds. The maximum Gasteiger partial charge on any atom is 0.332 e. The summed E-state index contributed by atoms with van der Waals surface area (Å²) in [6.45, 7) is 3.58. The molecular weight excluding hydrogens is 312 g/mol. The third kappa shape index (κ3) is 6.26. The van der Waals surface area contributed by atoms with Gasteiger partial charge in [-0.1, -0.05) is 13.3 Å². The van der Waals surface area contributed by atoms with Gasteiger partial charge in [-0.2, -0.15) is 5.26 Å². The lowest BCUT2D eigenvalue weighted by Crippen LogP contribution is -2.48. The molecule has 0 aromatic heterocycles. The summed E-state index contributed by atoms with van der Waals surface area (Å²) in [4.78, 5) is 23.9. The highest BCUT2D eigenvalue weighted by atomic mass is 16.5. The fourth-order valence-corrected chi connectivity index (χ4v) is 1.83. The molecule has 2 atom stereocenters. The highest BCUT2D eigenvalue weighted by Crippen LogP contribution is 2.13. The fourth-order valence-electron chi connectivity index (χ4n) is 1.83. The Morgan fingerprint density at radius 1 is 1.33 bits per heavy atom. The van der Waals surface area contributed by atoms with Crippen LogP contribution in [0.25, 0.3) is 0 Å². The second kappa shape index (κ2) is 10.2. The number of unbranched alkanes of at least 4 members (excludes halogenated alkanes) is 1. The van der Waals surface area contributed by atoms with Gasteiger partial charge in [0.1, 0.15) is 11.8 Å². The topological polar surface area (TPSA) is 109 Å². The summed E-state index contributed by atoms with van der Waals surface area (Å²) in [5, 5.41) is 20.4. The quantitative estimate of drug-likeness (QED) is 0.522. The van der Waals surface area contributed by atoms with E-state index in [2.05, 4.69) is 17.0 Å². The molecule has 7 nitrogen and oxygen atoms in total. The molecule has 0 unspecified atom stereocenters. The Kier molecular flexibility index (Phi) is 8.30. The summed E-state index contributed by atoms with van der Waals surface area (Å²) in [6.07, 6.45) is 0.823. The molecule has 130 valence electrons. The van der Waals surface area contributed by atoms with E-state index in [0.29, 0.717) is 17.9 Å². The number of rotatable bonds is 9. The molecule has 0 saturated heterocycles. The third-order valence-electron chi connectivity index (χ3n) is 3.19. The van der Waals surface area contributed by atoms with Gasteiger partial charge in [0.25, 0.3) is 5.91 Å². The van der Waals surface area contributed by atoms with E-state index in [1.54, 1.807) is 30.3 Å². The van der Waals surface area contributed by atoms with Crippen molar-refractivity contribution >= 4 is 11.9 Å². The zero-order valence-corrected chi connectivity index (χ0v) is 13.8. The molecule has 1 rings (SSSR count). The van der Waals surface area contributed by atoms with Gasteiger partial charge in [-0.15, -0.1) is 0 Å². The zero-order valence-electron chi connectivity index (χ0n) is 13.8. The molecular formula is C17H22N2O5. The van der Waals surface area contributed by atoms with Crippen LogP contribution in [-0.4, -0.2) is 42.3 Å². The molecule has 7 heteroatoms. The standard InChI is InChI=1S/C17H22N2O5/c1-3-4-10-23-14-7-5-13(6-8-14)16(21)19-15(12(2)20)17(22)24-11-9-18/h5-8,12,15,20H,3-4,10-11H2,1-2H3,(H,19,21)/t12-,15+/m0/s1. The van der Waals surface area contributed by atoms with Crippen molar-refractivity contribution in [1.29, 1.82) is 5.26 Å². The molecule has 0 aliphatic rings. The van der Waals surface area contributed by atoms with Crippen molar-refractivity contribution in [1.82, 2.24) is 5.32 Å². The van der Waals surface area contributed by atoms with E-state index in [-0.39, 0.29) is 0 Å². The first-order valence-corrected chi connectivity index (χ1v) is 7.75. The predicted molar refractivity (Wildman–Crippen MR) is 86.4 cm³/mol. The Labute approximate surface area is 141 Å².